The first-order chi connectivity index (χ1) is 9.45. The number of ether oxygens (including phenoxy) is 1. The number of carbonyl (C=O) groups excluding carboxylic acids is 1. The summed E-state index contributed by atoms with van der Waals surface area (Å²) >= 11 is 0. The molecule has 20 heavy (non-hydrogen) atoms. The van der Waals surface area contributed by atoms with Crippen LogP contribution in [0.1, 0.15) is 23.7 Å². The number of carboxylic acids is 1. The van der Waals surface area contributed by atoms with Crippen molar-refractivity contribution in [3.8, 4) is 11.5 Å². The Morgan fingerprint density at radius 1 is 1.40 bits per heavy atom. The van der Waals surface area contributed by atoms with Crippen LogP contribution in [0.2, 0.25) is 0 Å². The minimum Gasteiger partial charge on any atom is -0.504 e. The van der Waals surface area contributed by atoms with E-state index in [1.165, 1.54) is 30.2 Å². The number of carboxylic acid groups (broad SMARTS) is 1. The number of methoxy groups -OCH3 is 1. The topological polar surface area (TPSA) is 87.1 Å². The van der Waals surface area contributed by atoms with Crippen LogP contribution >= 0.6 is 0 Å². The SMILES string of the molecule is COc1ccc(C(=O)N2CCC(C)C2C(=O)O)cc1O. The molecule has 1 amide bonds. The van der Waals surface area contributed by atoms with Gasteiger partial charge in [-0.25, -0.2) is 4.79 Å². The second-order valence-electron chi connectivity index (χ2n) is 4.93. The molecule has 1 aliphatic heterocycles. The lowest BCUT2D eigenvalue weighted by molar-refractivity contribution is -0.142. The van der Waals surface area contributed by atoms with Crippen LogP contribution in [0, 0.1) is 5.92 Å². The molecule has 0 bridgehead atoms. The quantitative estimate of drug-likeness (QED) is 0.871. The highest BCUT2D eigenvalue weighted by Gasteiger charge is 2.39. The normalized spacial score (nSPS) is 21.8. The van der Waals surface area contributed by atoms with Gasteiger partial charge in [0.25, 0.3) is 5.91 Å². The predicted octanol–water partition coefficient (Wildman–Crippen LogP) is 1.34. The Morgan fingerprint density at radius 3 is 2.65 bits per heavy atom. The molecule has 1 fully saturated rings. The van der Waals surface area contributed by atoms with E-state index in [0.29, 0.717) is 13.0 Å². The summed E-state index contributed by atoms with van der Waals surface area (Å²) in [6.07, 6.45) is 0.658. The van der Waals surface area contributed by atoms with Crippen molar-refractivity contribution in [2.45, 2.75) is 19.4 Å². The summed E-state index contributed by atoms with van der Waals surface area (Å²) < 4.78 is 4.91. The number of hydrogen-bond acceptors (Lipinski definition) is 4. The van der Waals surface area contributed by atoms with Crippen LogP contribution in [-0.2, 0) is 4.79 Å². The van der Waals surface area contributed by atoms with E-state index < -0.39 is 12.0 Å². The van der Waals surface area contributed by atoms with Crippen molar-refractivity contribution < 1.29 is 24.5 Å². The fourth-order valence-electron chi connectivity index (χ4n) is 2.54. The summed E-state index contributed by atoms with van der Waals surface area (Å²) in [7, 11) is 1.42. The van der Waals surface area contributed by atoms with Gasteiger partial charge in [0.05, 0.1) is 7.11 Å². The van der Waals surface area contributed by atoms with Crippen molar-refractivity contribution >= 4 is 11.9 Å². The van der Waals surface area contributed by atoms with Crippen LogP contribution in [-0.4, -0.2) is 46.7 Å². The summed E-state index contributed by atoms with van der Waals surface area (Å²) in [6, 6.07) is 3.48. The Labute approximate surface area is 116 Å². The lowest BCUT2D eigenvalue weighted by Gasteiger charge is -2.23. The molecule has 0 aromatic heterocycles. The highest BCUT2D eigenvalue weighted by molar-refractivity contribution is 5.97. The van der Waals surface area contributed by atoms with Gasteiger partial charge in [-0.3, -0.25) is 4.79 Å². The molecule has 1 aromatic carbocycles. The fraction of sp³-hybridized carbons (Fsp3) is 0.429. The van der Waals surface area contributed by atoms with E-state index in [1.807, 2.05) is 6.92 Å². The fourth-order valence-corrected chi connectivity index (χ4v) is 2.54. The molecule has 2 rings (SSSR count). The monoisotopic (exact) mass is 279 g/mol. The number of benzene rings is 1. The van der Waals surface area contributed by atoms with Crippen molar-refractivity contribution in [2.75, 3.05) is 13.7 Å². The Kier molecular flexibility index (Phi) is 3.83. The number of rotatable bonds is 3. The first kappa shape index (κ1) is 14.2. The Bertz CT molecular complexity index is 542. The third kappa shape index (κ3) is 2.41. The molecule has 1 saturated heterocycles. The summed E-state index contributed by atoms with van der Waals surface area (Å²) in [5.41, 5.74) is 0.253. The molecular weight excluding hydrogens is 262 g/mol. The number of amides is 1. The molecule has 0 saturated carbocycles. The standard InChI is InChI=1S/C14H17NO5/c1-8-5-6-15(12(8)14(18)19)13(17)9-3-4-11(20-2)10(16)7-9/h3-4,7-8,12,16H,5-6H2,1-2H3,(H,18,19). The number of aromatic hydroxyl groups is 1. The molecule has 1 aromatic rings. The number of phenolic OH excluding ortho intramolecular Hbond substituents is 1. The molecule has 0 spiro atoms. The van der Waals surface area contributed by atoms with Crippen LogP contribution < -0.4 is 4.74 Å². The molecule has 0 radical (unpaired) electrons. The van der Waals surface area contributed by atoms with Gasteiger partial charge >= 0.3 is 5.97 Å². The van der Waals surface area contributed by atoms with Crippen molar-refractivity contribution in [2.24, 2.45) is 5.92 Å². The molecule has 2 N–H and O–H groups in total. The predicted molar refractivity (Wildman–Crippen MR) is 70.9 cm³/mol. The van der Waals surface area contributed by atoms with Crippen molar-refractivity contribution in [1.29, 1.82) is 0 Å². The van der Waals surface area contributed by atoms with Gasteiger partial charge in [-0.2, -0.15) is 0 Å². The van der Waals surface area contributed by atoms with Gasteiger partial charge in [0, 0.05) is 12.1 Å². The van der Waals surface area contributed by atoms with Gasteiger partial charge < -0.3 is 19.8 Å². The first-order valence-electron chi connectivity index (χ1n) is 6.36. The zero-order chi connectivity index (χ0) is 14.9. The van der Waals surface area contributed by atoms with Gasteiger partial charge in [-0.1, -0.05) is 6.92 Å². The largest absolute Gasteiger partial charge is 0.504 e. The Balaban J connectivity index is 2.27. The van der Waals surface area contributed by atoms with E-state index in [9.17, 15) is 19.8 Å². The number of nitrogens with zero attached hydrogens (tertiary/aromatic N) is 1. The summed E-state index contributed by atoms with van der Waals surface area (Å²) in [5, 5.41) is 18.9. The van der Waals surface area contributed by atoms with Crippen molar-refractivity contribution in [1.82, 2.24) is 4.90 Å². The molecule has 6 heteroatoms. The minimum absolute atomic E-state index is 0.0803. The van der Waals surface area contributed by atoms with E-state index in [0.717, 1.165) is 0 Å². The molecule has 108 valence electrons. The number of carbonyl (C=O) groups is 2. The molecule has 2 atom stereocenters. The van der Waals surface area contributed by atoms with Crippen LogP contribution in [0.3, 0.4) is 0 Å². The first-order valence-corrected chi connectivity index (χ1v) is 6.36. The second kappa shape index (κ2) is 5.40. The number of hydrogen-bond donors (Lipinski definition) is 2. The maximum absolute atomic E-state index is 12.4. The number of likely N-dealkylation sites (tertiary alicyclic amines) is 1. The summed E-state index contributed by atoms with van der Waals surface area (Å²) in [4.78, 5) is 25.0. The second-order valence-corrected chi connectivity index (χ2v) is 4.93. The minimum atomic E-state index is -0.999. The Hall–Kier alpha value is -2.24. The maximum Gasteiger partial charge on any atom is 0.326 e. The molecule has 0 aliphatic carbocycles. The zero-order valence-electron chi connectivity index (χ0n) is 11.4. The molecule has 2 unspecified atom stereocenters. The Morgan fingerprint density at radius 2 is 2.10 bits per heavy atom. The third-order valence-corrected chi connectivity index (χ3v) is 3.64. The molecular formula is C14H17NO5. The highest BCUT2D eigenvalue weighted by atomic mass is 16.5. The van der Waals surface area contributed by atoms with E-state index in [4.69, 9.17) is 4.74 Å². The number of phenols is 1. The summed E-state index contributed by atoms with van der Waals surface area (Å²) in [6.45, 7) is 2.22. The molecule has 1 heterocycles. The van der Waals surface area contributed by atoms with Crippen LogP contribution in [0.5, 0.6) is 11.5 Å². The average Bonchev–Trinajstić information content (AvgIpc) is 2.79. The lowest BCUT2D eigenvalue weighted by atomic mass is 10.0. The van der Waals surface area contributed by atoms with Crippen LogP contribution in [0.15, 0.2) is 18.2 Å². The van der Waals surface area contributed by atoms with E-state index in [2.05, 4.69) is 0 Å². The maximum atomic E-state index is 12.4. The smallest absolute Gasteiger partial charge is 0.326 e. The molecule has 6 nitrogen and oxygen atoms in total. The van der Waals surface area contributed by atoms with Gasteiger partial charge in [0.1, 0.15) is 6.04 Å². The van der Waals surface area contributed by atoms with E-state index in [-0.39, 0.29) is 28.9 Å². The van der Waals surface area contributed by atoms with Gasteiger partial charge in [0.2, 0.25) is 0 Å². The zero-order valence-corrected chi connectivity index (χ0v) is 11.4. The van der Waals surface area contributed by atoms with Gasteiger partial charge in [-0.15, -0.1) is 0 Å². The summed E-state index contributed by atoms with van der Waals surface area (Å²) in [5.74, 6) is -1.34. The van der Waals surface area contributed by atoms with Gasteiger partial charge in [-0.05, 0) is 30.5 Å². The highest BCUT2D eigenvalue weighted by Crippen LogP contribution is 2.30. The average molecular weight is 279 g/mol. The van der Waals surface area contributed by atoms with E-state index in [1.54, 1.807) is 0 Å². The van der Waals surface area contributed by atoms with Crippen molar-refractivity contribution in [3.63, 3.8) is 0 Å². The third-order valence-electron chi connectivity index (χ3n) is 3.64. The van der Waals surface area contributed by atoms with Crippen LogP contribution in [0.4, 0.5) is 0 Å². The van der Waals surface area contributed by atoms with Gasteiger partial charge in [0.15, 0.2) is 11.5 Å². The van der Waals surface area contributed by atoms with E-state index >= 15 is 0 Å². The molecule has 1 aliphatic rings. The lowest BCUT2D eigenvalue weighted by Crippen LogP contribution is -2.42. The van der Waals surface area contributed by atoms with Crippen LogP contribution in [0.25, 0.3) is 0 Å². The number of aliphatic carboxylic acids is 1. The van der Waals surface area contributed by atoms with Crippen molar-refractivity contribution in [3.05, 3.63) is 23.8 Å².